The molecule has 22 heavy (non-hydrogen) atoms. The van der Waals surface area contributed by atoms with E-state index in [2.05, 4.69) is 0 Å². The third-order valence-corrected chi connectivity index (χ3v) is 5.49. The normalized spacial score (nSPS) is 34.8. The Hall–Kier alpha value is -1.55. The SMILES string of the molecule is CCOC(=O)[C@H]1[C@@H]2CC[C@@]3(CC(=O)c4cc(Cl)ccc4O3)[C@@H]21. The number of carbonyl (C=O) groups is 2. The highest BCUT2D eigenvalue weighted by atomic mass is 35.5. The summed E-state index contributed by atoms with van der Waals surface area (Å²) in [6, 6.07) is 5.15. The summed E-state index contributed by atoms with van der Waals surface area (Å²) in [7, 11) is 0. The Balaban J connectivity index is 1.63. The number of Topliss-reactive ketones (excluding diaryl/α,β-unsaturated/α-hetero) is 1. The van der Waals surface area contributed by atoms with Gasteiger partial charge >= 0.3 is 5.97 Å². The Morgan fingerprint density at radius 1 is 1.50 bits per heavy atom. The first kappa shape index (κ1) is 14.1. The van der Waals surface area contributed by atoms with Crippen LogP contribution < -0.4 is 4.74 Å². The highest BCUT2D eigenvalue weighted by molar-refractivity contribution is 6.31. The molecule has 0 radical (unpaired) electrons. The molecule has 0 bridgehead atoms. The zero-order valence-corrected chi connectivity index (χ0v) is 13.1. The number of carbonyl (C=O) groups excluding carboxylic acids is 2. The lowest BCUT2D eigenvalue weighted by Gasteiger charge is -2.37. The second-order valence-corrected chi connectivity index (χ2v) is 6.85. The quantitative estimate of drug-likeness (QED) is 0.785. The van der Waals surface area contributed by atoms with E-state index in [1.54, 1.807) is 18.2 Å². The van der Waals surface area contributed by atoms with Crippen LogP contribution in [0.3, 0.4) is 0 Å². The second kappa shape index (κ2) is 4.72. The van der Waals surface area contributed by atoms with Gasteiger partial charge in [-0.05, 0) is 43.9 Å². The molecular weight excluding hydrogens is 304 g/mol. The van der Waals surface area contributed by atoms with Gasteiger partial charge in [0.15, 0.2) is 5.78 Å². The second-order valence-electron chi connectivity index (χ2n) is 6.41. The van der Waals surface area contributed by atoms with Crippen molar-refractivity contribution in [3.8, 4) is 5.75 Å². The van der Waals surface area contributed by atoms with Gasteiger partial charge in [0.25, 0.3) is 0 Å². The van der Waals surface area contributed by atoms with Gasteiger partial charge in [-0.2, -0.15) is 0 Å². The number of esters is 1. The van der Waals surface area contributed by atoms with Gasteiger partial charge in [-0.1, -0.05) is 11.6 Å². The van der Waals surface area contributed by atoms with Crippen molar-refractivity contribution in [2.75, 3.05) is 6.61 Å². The maximum absolute atomic E-state index is 12.5. The summed E-state index contributed by atoms with van der Waals surface area (Å²) in [5.74, 6) is 0.819. The van der Waals surface area contributed by atoms with E-state index in [0.717, 1.165) is 12.8 Å². The minimum Gasteiger partial charge on any atom is -0.486 e. The number of ether oxygens (including phenoxy) is 2. The molecule has 0 unspecified atom stereocenters. The van der Waals surface area contributed by atoms with Crippen LogP contribution in [-0.2, 0) is 9.53 Å². The number of ketones is 1. The fourth-order valence-electron chi connectivity index (χ4n) is 4.34. The average Bonchev–Trinajstić information content (AvgIpc) is 3.13. The molecule has 3 aliphatic rings. The first-order valence-corrected chi connectivity index (χ1v) is 8.12. The number of benzene rings is 1. The molecule has 2 saturated carbocycles. The fraction of sp³-hybridized carbons (Fsp3) is 0.529. The van der Waals surface area contributed by atoms with E-state index >= 15 is 0 Å². The molecule has 0 N–H and O–H groups in total. The van der Waals surface area contributed by atoms with Gasteiger partial charge in [-0.3, -0.25) is 9.59 Å². The Kier molecular flexibility index (Phi) is 3.02. The minimum absolute atomic E-state index is 0.0545. The Morgan fingerprint density at radius 3 is 3.09 bits per heavy atom. The number of halogens is 1. The standard InChI is InChI=1S/C17H17ClO4/c1-2-21-16(20)14-10-5-6-17(15(10)14)8-12(19)11-7-9(18)3-4-13(11)22-17/h3-4,7,10,14-15H,2,5-6,8H2,1H3/t10-,14-,15-,17+/m0/s1. The summed E-state index contributed by atoms with van der Waals surface area (Å²) in [6.07, 6.45) is 2.08. The molecular formula is C17H17ClO4. The summed E-state index contributed by atoms with van der Waals surface area (Å²) < 4.78 is 11.4. The lowest BCUT2D eigenvalue weighted by Crippen LogP contribution is -2.43. The highest BCUT2D eigenvalue weighted by Gasteiger charge is 2.71. The lowest BCUT2D eigenvalue weighted by atomic mass is 9.84. The van der Waals surface area contributed by atoms with Crippen LogP contribution in [0.5, 0.6) is 5.75 Å². The third-order valence-electron chi connectivity index (χ3n) is 5.25. The Labute approximate surface area is 133 Å². The van der Waals surface area contributed by atoms with Crippen LogP contribution in [0.2, 0.25) is 5.02 Å². The summed E-state index contributed by atoms with van der Waals surface area (Å²) in [6.45, 7) is 2.20. The van der Waals surface area contributed by atoms with Crippen LogP contribution >= 0.6 is 11.6 Å². The van der Waals surface area contributed by atoms with E-state index in [9.17, 15) is 9.59 Å². The Bertz CT molecular complexity index is 671. The first-order valence-electron chi connectivity index (χ1n) is 7.74. The van der Waals surface area contributed by atoms with Crippen molar-refractivity contribution in [3.63, 3.8) is 0 Å². The maximum Gasteiger partial charge on any atom is 0.309 e. The van der Waals surface area contributed by atoms with Crippen molar-refractivity contribution in [2.45, 2.75) is 31.8 Å². The van der Waals surface area contributed by atoms with Crippen molar-refractivity contribution in [2.24, 2.45) is 17.8 Å². The van der Waals surface area contributed by atoms with Crippen LogP contribution in [0.25, 0.3) is 0 Å². The van der Waals surface area contributed by atoms with Crippen molar-refractivity contribution < 1.29 is 19.1 Å². The molecule has 4 rings (SSSR count). The predicted octanol–water partition coefficient (Wildman–Crippen LogP) is 3.26. The minimum atomic E-state index is -0.528. The van der Waals surface area contributed by atoms with Crippen LogP contribution in [0, 0.1) is 17.8 Å². The van der Waals surface area contributed by atoms with Crippen LogP contribution in [0.4, 0.5) is 0 Å². The van der Waals surface area contributed by atoms with E-state index in [1.807, 2.05) is 6.92 Å². The third kappa shape index (κ3) is 1.89. The predicted molar refractivity (Wildman–Crippen MR) is 80.1 cm³/mol. The van der Waals surface area contributed by atoms with E-state index in [0.29, 0.717) is 35.3 Å². The summed E-state index contributed by atoms with van der Waals surface area (Å²) in [5, 5.41) is 0.534. The van der Waals surface area contributed by atoms with E-state index in [-0.39, 0.29) is 23.6 Å². The molecule has 4 atom stereocenters. The molecule has 2 aliphatic carbocycles. The zero-order valence-electron chi connectivity index (χ0n) is 12.3. The average molecular weight is 321 g/mol. The van der Waals surface area contributed by atoms with Crippen molar-refractivity contribution in [1.29, 1.82) is 0 Å². The van der Waals surface area contributed by atoms with Crippen molar-refractivity contribution in [3.05, 3.63) is 28.8 Å². The molecule has 1 aromatic rings. The largest absolute Gasteiger partial charge is 0.486 e. The fourth-order valence-corrected chi connectivity index (χ4v) is 4.52. The van der Waals surface area contributed by atoms with Crippen LogP contribution in [0.15, 0.2) is 18.2 Å². The number of rotatable bonds is 2. The highest BCUT2D eigenvalue weighted by Crippen LogP contribution is 2.66. The summed E-state index contributed by atoms with van der Waals surface area (Å²) in [4.78, 5) is 24.5. The zero-order chi connectivity index (χ0) is 15.5. The van der Waals surface area contributed by atoms with Gasteiger partial charge in [0.05, 0.1) is 24.5 Å². The molecule has 1 spiro atoms. The van der Waals surface area contributed by atoms with E-state index in [4.69, 9.17) is 21.1 Å². The maximum atomic E-state index is 12.5. The Morgan fingerprint density at radius 2 is 2.32 bits per heavy atom. The molecule has 4 nitrogen and oxygen atoms in total. The van der Waals surface area contributed by atoms with Gasteiger partial charge in [-0.15, -0.1) is 0 Å². The van der Waals surface area contributed by atoms with Crippen molar-refractivity contribution in [1.82, 2.24) is 0 Å². The van der Waals surface area contributed by atoms with E-state index in [1.165, 1.54) is 0 Å². The summed E-state index contributed by atoms with van der Waals surface area (Å²) in [5.41, 5.74) is 0.0231. The molecule has 5 heteroatoms. The number of hydrogen-bond acceptors (Lipinski definition) is 4. The molecule has 0 amide bonds. The van der Waals surface area contributed by atoms with Gasteiger partial charge in [0, 0.05) is 10.9 Å². The molecule has 2 fully saturated rings. The van der Waals surface area contributed by atoms with Crippen LogP contribution in [-0.4, -0.2) is 24.0 Å². The smallest absolute Gasteiger partial charge is 0.309 e. The molecule has 1 aliphatic heterocycles. The topological polar surface area (TPSA) is 52.6 Å². The van der Waals surface area contributed by atoms with Gasteiger partial charge in [0.2, 0.25) is 0 Å². The monoisotopic (exact) mass is 320 g/mol. The molecule has 1 aromatic carbocycles. The number of hydrogen-bond donors (Lipinski definition) is 0. The molecule has 1 heterocycles. The summed E-state index contributed by atoms with van der Waals surface area (Å²) >= 11 is 5.96. The molecule has 0 aromatic heterocycles. The lowest BCUT2D eigenvalue weighted by molar-refractivity contribution is -0.146. The van der Waals surface area contributed by atoms with Gasteiger partial charge in [0.1, 0.15) is 11.4 Å². The van der Waals surface area contributed by atoms with E-state index < -0.39 is 5.60 Å². The van der Waals surface area contributed by atoms with Gasteiger partial charge in [-0.25, -0.2) is 0 Å². The van der Waals surface area contributed by atoms with Crippen LogP contribution in [0.1, 0.15) is 36.5 Å². The molecule has 116 valence electrons. The molecule has 0 saturated heterocycles. The van der Waals surface area contributed by atoms with Crippen molar-refractivity contribution >= 4 is 23.4 Å². The number of fused-ring (bicyclic) bond motifs is 3. The van der Waals surface area contributed by atoms with Gasteiger partial charge < -0.3 is 9.47 Å². The first-order chi connectivity index (χ1) is 10.6.